The minimum Gasteiger partial charge on any atom is -0.384 e. The molecule has 110 valence electrons. The predicted octanol–water partition coefficient (Wildman–Crippen LogP) is 3.50. The maximum atomic E-state index is 10.4. The number of rotatable bonds is 1. The van der Waals surface area contributed by atoms with E-state index in [-0.39, 0.29) is 5.56 Å². The smallest absolute Gasteiger partial charge is 0.247 e. The lowest BCUT2D eigenvalue weighted by Crippen LogP contribution is -2.00. The summed E-state index contributed by atoms with van der Waals surface area (Å²) in [7, 11) is 0. The van der Waals surface area contributed by atoms with E-state index in [0.717, 1.165) is 5.56 Å². The monoisotopic (exact) mass is 275 g/mol. The molecule has 0 saturated carbocycles. The molecule has 0 aliphatic carbocycles. The van der Waals surface area contributed by atoms with E-state index in [9.17, 15) is 4.79 Å². The van der Waals surface area contributed by atoms with Crippen molar-refractivity contribution in [3.05, 3.63) is 58.1 Å². The number of hydrogen-bond acceptors (Lipinski definition) is 3. The van der Waals surface area contributed by atoms with E-state index < -0.39 is 0 Å². The van der Waals surface area contributed by atoms with Gasteiger partial charge in [-0.2, -0.15) is 0 Å². The number of nitrogen functional groups attached to an aromatic ring is 1. The van der Waals surface area contributed by atoms with Gasteiger partial charge >= 0.3 is 0 Å². The van der Waals surface area contributed by atoms with Crippen LogP contribution >= 0.6 is 0 Å². The molecule has 0 spiro atoms. The van der Waals surface area contributed by atoms with Gasteiger partial charge in [0.25, 0.3) is 0 Å². The molecular weight excluding hydrogens is 250 g/mol. The van der Waals surface area contributed by atoms with Gasteiger partial charge in [0, 0.05) is 18.5 Å². The lowest BCUT2D eigenvalue weighted by Gasteiger charge is -2.02. The Morgan fingerprint density at radius 2 is 1.80 bits per heavy atom. The molecule has 0 aromatic carbocycles. The summed E-state index contributed by atoms with van der Waals surface area (Å²) in [6.07, 6.45) is 3.50. The molecule has 2 heterocycles. The summed E-state index contributed by atoms with van der Waals surface area (Å²) in [5.74, 6) is 1.12. The molecule has 2 rings (SSSR count). The molecule has 0 unspecified atom stereocenters. The van der Waals surface area contributed by atoms with Gasteiger partial charge in [0.15, 0.2) is 0 Å². The van der Waals surface area contributed by atoms with Crippen molar-refractivity contribution < 1.29 is 0 Å². The van der Waals surface area contributed by atoms with Crippen LogP contribution in [0, 0.1) is 6.92 Å². The van der Waals surface area contributed by atoms with Crippen LogP contribution in [0.3, 0.4) is 0 Å². The Balaban J connectivity index is 0.000000327. The third kappa shape index (κ3) is 7.36. The molecule has 20 heavy (non-hydrogen) atoms. The normalized spacial score (nSPS) is 9.10. The molecule has 3 N–H and O–H groups in total. The summed E-state index contributed by atoms with van der Waals surface area (Å²) in [4.78, 5) is 16.9. The molecule has 0 aliphatic heterocycles. The highest BCUT2D eigenvalue weighted by atomic mass is 16.1. The summed E-state index contributed by atoms with van der Waals surface area (Å²) in [5.41, 5.74) is 7.67. The van der Waals surface area contributed by atoms with Crippen molar-refractivity contribution in [3.8, 4) is 0 Å². The van der Waals surface area contributed by atoms with Crippen molar-refractivity contribution >= 4 is 5.82 Å². The van der Waals surface area contributed by atoms with Gasteiger partial charge in [-0.25, -0.2) is 4.98 Å². The Morgan fingerprint density at radius 3 is 2.15 bits per heavy atom. The Bertz CT molecular complexity index is 510. The van der Waals surface area contributed by atoms with E-state index in [1.54, 1.807) is 12.3 Å². The van der Waals surface area contributed by atoms with Crippen LogP contribution in [0.25, 0.3) is 0 Å². The maximum absolute atomic E-state index is 10.4. The van der Waals surface area contributed by atoms with Crippen molar-refractivity contribution in [2.24, 2.45) is 0 Å². The first-order valence-electron chi connectivity index (χ1n) is 6.86. The van der Waals surface area contributed by atoms with E-state index in [0.29, 0.717) is 11.7 Å². The molecule has 0 aliphatic rings. The largest absolute Gasteiger partial charge is 0.384 e. The number of nitrogens with one attached hydrogen (secondary N) is 1. The van der Waals surface area contributed by atoms with Crippen LogP contribution in [-0.2, 0) is 0 Å². The number of aromatic amines is 1. The van der Waals surface area contributed by atoms with Gasteiger partial charge in [0.2, 0.25) is 5.56 Å². The number of nitrogens with zero attached hydrogens (tertiary/aromatic N) is 1. The van der Waals surface area contributed by atoms with E-state index >= 15 is 0 Å². The molecule has 0 saturated heterocycles. The van der Waals surface area contributed by atoms with Gasteiger partial charge in [0.05, 0.1) is 0 Å². The fourth-order valence-corrected chi connectivity index (χ4v) is 1.25. The first kappa shape index (κ1) is 17.9. The van der Waals surface area contributed by atoms with E-state index in [2.05, 4.69) is 23.8 Å². The summed E-state index contributed by atoms with van der Waals surface area (Å²) in [5, 5.41) is 0. The number of aromatic nitrogens is 2. The molecule has 0 bridgehead atoms. The number of hydrogen-bond donors (Lipinski definition) is 2. The van der Waals surface area contributed by atoms with E-state index in [1.165, 1.54) is 11.6 Å². The van der Waals surface area contributed by atoms with Crippen LogP contribution in [0.4, 0.5) is 5.82 Å². The second-order valence-electron chi connectivity index (χ2n) is 4.40. The lowest BCUT2D eigenvalue weighted by molar-refractivity contribution is 0.859. The van der Waals surface area contributed by atoms with Crippen LogP contribution in [0.5, 0.6) is 0 Å². The van der Waals surface area contributed by atoms with Gasteiger partial charge in [-0.15, -0.1) is 0 Å². The van der Waals surface area contributed by atoms with Crippen LogP contribution in [0.1, 0.15) is 44.7 Å². The minimum atomic E-state index is -0.0457. The summed E-state index contributed by atoms with van der Waals surface area (Å²) < 4.78 is 0. The molecule has 2 aromatic rings. The van der Waals surface area contributed by atoms with E-state index in [1.807, 2.05) is 39.1 Å². The minimum absolute atomic E-state index is 0.0457. The van der Waals surface area contributed by atoms with Crippen LogP contribution < -0.4 is 11.3 Å². The van der Waals surface area contributed by atoms with Crippen molar-refractivity contribution in [1.29, 1.82) is 0 Å². The molecule has 0 atom stereocenters. The third-order valence-corrected chi connectivity index (χ3v) is 2.42. The average Bonchev–Trinajstić information content (AvgIpc) is 2.45. The van der Waals surface area contributed by atoms with Crippen LogP contribution in [-0.4, -0.2) is 9.97 Å². The fraction of sp³-hybridized carbons (Fsp3) is 0.375. The highest BCUT2D eigenvalue weighted by Crippen LogP contribution is 2.12. The Labute approximate surface area is 121 Å². The number of aryl methyl sites for hydroxylation is 1. The van der Waals surface area contributed by atoms with Crippen LogP contribution in [0.15, 0.2) is 41.5 Å². The Kier molecular flexibility index (Phi) is 8.75. The molecule has 4 nitrogen and oxygen atoms in total. The highest BCUT2D eigenvalue weighted by molar-refractivity contribution is 5.30. The first-order valence-corrected chi connectivity index (χ1v) is 6.86. The van der Waals surface area contributed by atoms with Gasteiger partial charge in [-0.3, -0.25) is 4.79 Å². The summed E-state index contributed by atoms with van der Waals surface area (Å²) >= 11 is 0. The first-order chi connectivity index (χ1) is 9.49. The maximum Gasteiger partial charge on any atom is 0.247 e. The van der Waals surface area contributed by atoms with Gasteiger partial charge < -0.3 is 10.7 Å². The summed E-state index contributed by atoms with van der Waals surface area (Å²) in [6.45, 7) is 10.2. The summed E-state index contributed by atoms with van der Waals surface area (Å²) in [6, 6.07) is 7.12. The van der Waals surface area contributed by atoms with Gasteiger partial charge in [-0.1, -0.05) is 39.8 Å². The number of H-pyrrole nitrogens is 1. The van der Waals surface area contributed by atoms with E-state index in [4.69, 9.17) is 5.73 Å². The number of anilines is 1. The second kappa shape index (κ2) is 9.78. The highest BCUT2D eigenvalue weighted by Gasteiger charge is 1.96. The van der Waals surface area contributed by atoms with Crippen LogP contribution in [0.2, 0.25) is 0 Å². The average molecular weight is 275 g/mol. The Morgan fingerprint density at radius 1 is 1.15 bits per heavy atom. The molecule has 4 heteroatoms. The Hall–Kier alpha value is -2.10. The molecular formula is C16H25N3O. The molecule has 0 radical (unpaired) electrons. The fourth-order valence-electron chi connectivity index (χ4n) is 1.25. The van der Waals surface area contributed by atoms with Crippen molar-refractivity contribution in [3.63, 3.8) is 0 Å². The SMILES string of the molecule is CC.CC(C)c1ccc(N)nc1.Cc1ccc(=O)[nH]c1. The molecule has 0 amide bonds. The number of nitrogens with two attached hydrogens (primary N) is 1. The second-order valence-corrected chi connectivity index (χ2v) is 4.40. The standard InChI is InChI=1S/C8H12N2.C6H7NO.C2H6/c1-6(2)7-3-4-8(9)10-5-7;1-5-2-3-6(8)7-4-5;1-2/h3-6H,1-2H3,(H2,9,10);2-4H,1H3,(H,7,8);1-2H3. The zero-order chi connectivity index (χ0) is 15.5. The quantitative estimate of drug-likeness (QED) is 0.836. The van der Waals surface area contributed by atoms with Crippen molar-refractivity contribution in [2.45, 2.75) is 40.5 Å². The predicted molar refractivity (Wildman–Crippen MR) is 85.9 cm³/mol. The van der Waals surface area contributed by atoms with Crippen molar-refractivity contribution in [1.82, 2.24) is 9.97 Å². The molecule has 2 aromatic heterocycles. The number of pyridine rings is 2. The van der Waals surface area contributed by atoms with Gasteiger partial charge in [-0.05, 0) is 30.0 Å². The van der Waals surface area contributed by atoms with Gasteiger partial charge in [0.1, 0.15) is 5.82 Å². The molecule has 0 fully saturated rings. The zero-order valence-corrected chi connectivity index (χ0v) is 13.0. The third-order valence-electron chi connectivity index (χ3n) is 2.42. The topological polar surface area (TPSA) is 71.8 Å². The van der Waals surface area contributed by atoms with Crippen molar-refractivity contribution in [2.75, 3.05) is 5.73 Å². The lowest BCUT2D eigenvalue weighted by atomic mass is 10.1. The zero-order valence-electron chi connectivity index (χ0n) is 13.0.